The van der Waals surface area contributed by atoms with Gasteiger partial charge in [-0.25, -0.2) is 9.48 Å². The van der Waals surface area contributed by atoms with Gasteiger partial charge < -0.3 is 24.3 Å². The van der Waals surface area contributed by atoms with E-state index in [1.165, 1.54) is 4.68 Å². The standard InChI is InChI=1S/C22H21N3O6/c1-2-28-22(27)21-19(12-25(24-21)16-6-4-3-5-7-16)29-13-20(26)23-11-15-8-9-17-18(10-15)31-14-30-17/h3-10,12H,2,11,13-14H2,1H3,(H,23,26). The number of benzene rings is 2. The molecule has 0 saturated carbocycles. The molecule has 1 aliphatic heterocycles. The van der Waals surface area contributed by atoms with Crippen molar-refractivity contribution in [2.45, 2.75) is 13.5 Å². The van der Waals surface area contributed by atoms with Gasteiger partial charge in [0, 0.05) is 6.54 Å². The molecular weight excluding hydrogens is 402 g/mol. The molecule has 4 rings (SSSR count). The molecule has 1 aromatic heterocycles. The highest BCUT2D eigenvalue weighted by molar-refractivity contribution is 5.90. The minimum atomic E-state index is -0.618. The van der Waals surface area contributed by atoms with Gasteiger partial charge in [0.15, 0.2) is 23.9 Å². The van der Waals surface area contributed by atoms with Gasteiger partial charge in [0.1, 0.15) is 0 Å². The van der Waals surface area contributed by atoms with Crippen molar-refractivity contribution in [1.29, 1.82) is 0 Å². The maximum absolute atomic E-state index is 12.3. The van der Waals surface area contributed by atoms with Crippen LogP contribution in [0, 0.1) is 0 Å². The number of carbonyl (C=O) groups excluding carboxylic acids is 2. The smallest absolute Gasteiger partial charge is 0.362 e. The summed E-state index contributed by atoms with van der Waals surface area (Å²) >= 11 is 0. The van der Waals surface area contributed by atoms with Crippen LogP contribution in [0.2, 0.25) is 0 Å². The Balaban J connectivity index is 1.40. The lowest BCUT2D eigenvalue weighted by Gasteiger charge is -2.08. The highest BCUT2D eigenvalue weighted by Gasteiger charge is 2.21. The molecular formula is C22H21N3O6. The molecule has 1 amide bonds. The van der Waals surface area contributed by atoms with Crippen LogP contribution >= 0.6 is 0 Å². The minimum absolute atomic E-state index is 0.00859. The van der Waals surface area contributed by atoms with Crippen LogP contribution in [0.5, 0.6) is 17.2 Å². The van der Waals surface area contributed by atoms with Gasteiger partial charge in [-0.2, -0.15) is 5.10 Å². The van der Waals surface area contributed by atoms with Crippen LogP contribution in [0.1, 0.15) is 23.0 Å². The molecule has 0 spiro atoms. The van der Waals surface area contributed by atoms with Gasteiger partial charge in [0.2, 0.25) is 12.5 Å². The second kappa shape index (κ2) is 9.21. The van der Waals surface area contributed by atoms with E-state index in [-0.39, 0.29) is 37.4 Å². The average Bonchev–Trinajstić information content (AvgIpc) is 3.44. The molecule has 0 radical (unpaired) electrons. The SMILES string of the molecule is CCOC(=O)c1nn(-c2ccccc2)cc1OCC(=O)NCc1ccc2c(c1)OCO2. The minimum Gasteiger partial charge on any atom is -0.480 e. The zero-order chi connectivity index (χ0) is 21.6. The van der Waals surface area contributed by atoms with Crippen LogP contribution in [0.25, 0.3) is 5.69 Å². The fraction of sp³-hybridized carbons (Fsp3) is 0.227. The van der Waals surface area contributed by atoms with Gasteiger partial charge >= 0.3 is 5.97 Å². The number of aromatic nitrogens is 2. The Hall–Kier alpha value is -4.01. The maximum atomic E-state index is 12.3. The summed E-state index contributed by atoms with van der Waals surface area (Å²) < 4.78 is 22.8. The molecule has 0 fully saturated rings. The Morgan fingerprint density at radius 3 is 2.74 bits per heavy atom. The lowest BCUT2D eigenvalue weighted by Crippen LogP contribution is -2.28. The molecule has 2 aromatic carbocycles. The normalized spacial score (nSPS) is 11.8. The van der Waals surface area contributed by atoms with Crippen molar-refractivity contribution in [3.63, 3.8) is 0 Å². The summed E-state index contributed by atoms with van der Waals surface area (Å²) in [5.74, 6) is 0.532. The van der Waals surface area contributed by atoms with Crippen molar-refractivity contribution in [3.05, 3.63) is 66.0 Å². The molecule has 0 unspecified atom stereocenters. The van der Waals surface area contributed by atoms with E-state index >= 15 is 0 Å². The zero-order valence-electron chi connectivity index (χ0n) is 16.9. The molecule has 9 heteroatoms. The Morgan fingerprint density at radius 1 is 1.13 bits per heavy atom. The van der Waals surface area contributed by atoms with E-state index in [2.05, 4.69) is 10.4 Å². The number of hydrogen-bond donors (Lipinski definition) is 1. The number of amides is 1. The number of carbonyl (C=O) groups is 2. The Kier molecular flexibility index (Phi) is 6.02. The van der Waals surface area contributed by atoms with E-state index in [0.29, 0.717) is 18.0 Å². The predicted octanol–water partition coefficient (Wildman–Crippen LogP) is 2.47. The summed E-state index contributed by atoms with van der Waals surface area (Å²) in [4.78, 5) is 24.5. The van der Waals surface area contributed by atoms with Crippen molar-refractivity contribution in [2.24, 2.45) is 0 Å². The van der Waals surface area contributed by atoms with Crippen LogP contribution in [0.3, 0.4) is 0 Å². The quantitative estimate of drug-likeness (QED) is 0.556. The first-order chi connectivity index (χ1) is 15.1. The molecule has 2 heterocycles. The summed E-state index contributed by atoms with van der Waals surface area (Å²) in [6, 6.07) is 14.7. The summed E-state index contributed by atoms with van der Waals surface area (Å²) in [6.07, 6.45) is 1.55. The monoisotopic (exact) mass is 423 g/mol. The van der Waals surface area contributed by atoms with Crippen molar-refractivity contribution in [1.82, 2.24) is 15.1 Å². The molecule has 31 heavy (non-hydrogen) atoms. The molecule has 160 valence electrons. The van der Waals surface area contributed by atoms with Gasteiger partial charge in [0.05, 0.1) is 18.5 Å². The number of ether oxygens (including phenoxy) is 4. The van der Waals surface area contributed by atoms with E-state index in [0.717, 1.165) is 11.3 Å². The summed E-state index contributed by atoms with van der Waals surface area (Å²) in [6.45, 7) is 2.12. The fourth-order valence-electron chi connectivity index (χ4n) is 2.96. The van der Waals surface area contributed by atoms with E-state index in [9.17, 15) is 9.59 Å². The second-order valence-corrected chi connectivity index (χ2v) is 6.60. The Labute approximate surface area is 178 Å². The lowest BCUT2D eigenvalue weighted by molar-refractivity contribution is -0.123. The summed E-state index contributed by atoms with van der Waals surface area (Å²) in [7, 11) is 0. The number of nitrogens with zero attached hydrogens (tertiary/aromatic N) is 2. The zero-order valence-corrected chi connectivity index (χ0v) is 16.9. The van der Waals surface area contributed by atoms with Crippen LogP contribution in [0.4, 0.5) is 0 Å². The molecule has 9 nitrogen and oxygen atoms in total. The van der Waals surface area contributed by atoms with Crippen molar-refractivity contribution in [3.8, 4) is 22.9 Å². The van der Waals surface area contributed by atoms with Crippen molar-refractivity contribution >= 4 is 11.9 Å². The van der Waals surface area contributed by atoms with Crippen molar-refractivity contribution in [2.75, 3.05) is 20.0 Å². The van der Waals surface area contributed by atoms with Gasteiger partial charge in [-0.05, 0) is 36.8 Å². The van der Waals surface area contributed by atoms with E-state index in [1.807, 2.05) is 42.5 Å². The molecule has 3 aromatic rings. The number of para-hydroxylation sites is 1. The van der Waals surface area contributed by atoms with Gasteiger partial charge in [-0.1, -0.05) is 24.3 Å². The Morgan fingerprint density at radius 2 is 1.94 bits per heavy atom. The number of nitrogens with one attached hydrogen (secondary N) is 1. The molecule has 0 saturated heterocycles. The molecule has 1 N–H and O–H groups in total. The third-order valence-corrected chi connectivity index (χ3v) is 4.46. The first-order valence-corrected chi connectivity index (χ1v) is 9.74. The number of esters is 1. The first kappa shape index (κ1) is 20.3. The van der Waals surface area contributed by atoms with E-state index in [4.69, 9.17) is 18.9 Å². The van der Waals surface area contributed by atoms with Crippen LogP contribution < -0.4 is 19.5 Å². The third kappa shape index (κ3) is 4.77. The van der Waals surface area contributed by atoms with Crippen LogP contribution in [0.15, 0.2) is 54.7 Å². The lowest BCUT2D eigenvalue weighted by atomic mass is 10.2. The predicted molar refractivity (Wildman–Crippen MR) is 109 cm³/mol. The number of fused-ring (bicyclic) bond motifs is 1. The highest BCUT2D eigenvalue weighted by Crippen LogP contribution is 2.32. The Bertz CT molecular complexity index is 1080. The number of rotatable bonds is 8. The topological polar surface area (TPSA) is 101 Å². The van der Waals surface area contributed by atoms with Crippen LogP contribution in [-0.2, 0) is 16.1 Å². The highest BCUT2D eigenvalue weighted by atomic mass is 16.7. The van der Waals surface area contributed by atoms with Gasteiger partial charge in [-0.15, -0.1) is 0 Å². The molecule has 0 bridgehead atoms. The number of hydrogen-bond acceptors (Lipinski definition) is 7. The van der Waals surface area contributed by atoms with Crippen molar-refractivity contribution < 1.29 is 28.5 Å². The second-order valence-electron chi connectivity index (χ2n) is 6.60. The van der Waals surface area contributed by atoms with Crippen LogP contribution in [-0.4, -0.2) is 41.7 Å². The molecule has 0 aliphatic carbocycles. The molecule has 0 atom stereocenters. The third-order valence-electron chi connectivity index (χ3n) is 4.46. The van der Waals surface area contributed by atoms with Gasteiger partial charge in [-0.3, -0.25) is 4.79 Å². The van der Waals surface area contributed by atoms with E-state index in [1.54, 1.807) is 19.2 Å². The largest absolute Gasteiger partial charge is 0.480 e. The summed E-state index contributed by atoms with van der Waals surface area (Å²) in [5, 5.41) is 7.03. The van der Waals surface area contributed by atoms with Gasteiger partial charge in [0.25, 0.3) is 5.91 Å². The fourth-order valence-corrected chi connectivity index (χ4v) is 2.96. The first-order valence-electron chi connectivity index (χ1n) is 9.74. The maximum Gasteiger partial charge on any atom is 0.362 e. The summed E-state index contributed by atoms with van der Waals surface area (Å²) in [5.41, 5.74) is 1.62. The average molecular weight is 423 g/mol. The van der Waals surface area contributed by atoms with E-state index < -0.39 is 5.97 Å². The molecule has 1 aliphatic rings.